The molecular formula is C15H26O5. The Morgan fingerprint density at radius 3 is 2.25 bits per heavy atom. The molecule has 0 amide bonds. The fraction of sp³-hybridized carbons (Fsp3) is 0.867. The summed E-state index contributed by atoms with van der Waals surface area (Å²) in [4.78, 5) is 23.9. The van der Waals surface area contributed by atoms with Crippen LogP contribution in [0.15, 0.2) is 0 Å². The Balaban J connectivity index is 2.48. The lowest BCUT2D eigenvalue weighted by atomic mass is 9.88. The number of carbonyl (C=O) groups excluding carboxylic acids is 2. The molecule has 5 heteroatoms. The van der Waals surface area contributed by atoms with E-state index in [1.165, 1.54) is 0 Å². The highest BCUT2D eigenvalue weighted by Crippen LogP contribution is 2.24. The van der Waals surface area contributed by atoms with Gasteiger partial charge in [0, 0.05) is 0 Å². The van der Waals surface area contributed by atoms with Crippen LogP contribution < -0.4 is 0 Å². The number of rotatable bonds is 6. The minimum absolute atomic E-state index is 0.00990. The van der Waals surface area contributed by atoms with Gasteiger partial charge in [-0.15, -0.1) is 0 Å². The van der Waals surface area contributed by atoms with Crippen LogP contribution in [0, 0.1) is 5.41 Å². The zero-order valence-corrected chi connectivity index (χ0v) is 13.1. The molecule has 1 fully saturated rings. The van der Waals surface area contributed by atoms with Crippen molar-refractivity contribution >= 4 is 11.8 Å². The molecule has 0 aromatic rings. The zero-order chi connectivity index (χ0) is 15.3. The Kier molecular flexibility index (Phi) is 6.14. The molecular weight excluding hydrogens is 260 g/mol. The highest BCUT2D eigenvalue weighted by atomic mass is 16.5. The Labute approximate surface area is 121 Å². The Hall–Kier alpha value is -0.940. The average molecular weight is 286 g/mol. The lowest BCUT2D eigenvalue weighted by Crippen LogP contribution is -2.40. The first-order valence-electron chi connectivity index (χ1n) is 7.25. The van der Waals surface area contributed by atoms with Crippen molar-refractivity contribution in [1.29, 1.82) is 0 Å². The Bertz CT molecular complexity index is 340. The second-order valence-electron chi connectivity index (χ2n) is 5.93. The lowest BCUT2D eigenvalue weighted by Gasteiger charge is -2.32. The summed E-state index contributed by atoms with van der Waals surface area (Å²) in [7, 11) is 0. The molecule has 0 bridgehead atoms. The van der Waals surface area contributed by atoms with Gasteiger partial charge in [-0.25, -0.2) is 0 Å². The second-order valence-corrected chi connectivity index (χ2v) is 5.93. The van der Waals surface area contributed by atoms with E-state index in [1.807, 2.05) is 13.8 Å². The molecule has 0 aromatic heterocycles. The summed E-state index contributed by atoms with van der Waals surface area (Å²) >= 11 is 0. The van der Waals surface area contributed by atoms with E-state index in [4.69, 9.17) is 14.2 Å². The Morgan fingerprint density at radius 1 is 1.20 bits per heavy atom. The first-order chi connectivity index (χ1) is 9.27. The molecule has 1 rings (SSSR count). The van der Waals surface area contributed by atoms with E-state index in [0.29, 0.717) is 0 Å². The largest absolute Gasteiger partial charge is 0.465 e. The van der Waals surface area contributed by atoms with E-state index in [0.717, 1.165) is 12.8 Å². The minimum Gasteiger partial charge on any atom is -0.465 e. The molecule has 5 nitrogen and oxygen atoms in total. The highest BCUT2D eigenvalue weighted by Gasteiger charge is 2.38. The predicted octanol–water partition coefficient (Wildman–Crippen LogP) is 2.12. The van der Waals surface area contributed by atoms with Gasteiger partial charge in [0.15, 0.2) is 5.78 Å². The third kappa shape index (κ3) is 4.56. The quantitative estimate of drug-likeness (QED) is 0.553. The summed E-state index contributed by atoms with van der Waals surface area (Å²) in [6.07, 6.45) is 1.83. The van der Waals surface area contributed by atoms with Crippen molar-refractivity contribution in [2.75, 3.05) is 13.2 Å². The summed E-state index contributed by atoms with van der Waals surface area (Å²) < 4.78 is 16.2. The van der Waals surface area contributed by atoms with Gasteiger partial charge in [-0.05, 0) is 47.5 Å². The number of hydrogen-bond acceptors (Lipinski definition) is 5. The molecule has 1 aliphatic rings. The van der Waals surface area contributed by atoms with Crippen molar-refractivity contribution in [2.24, 2.45) is 5.41 Å². The van der Waals surface area contributed by atoms with E-state index in [2.05, 4.69) is 0 Å². The van der Waals surface area contributed by atoms with Crippen LogP contribution in [0.25, 0.3) is 0 Å². The van der Waals surface area contributed by atoms with Crippen LogP contribution in [-0.4, -0.2) is 43.3 Å². The number of ketones is 1. The molecule has 0 saturated carbocycles. The Morgan fingerprint density at radius 2 is 1.75 bits per heavy atom. The van der Waals surface area contributed by atoms with Gasteiger partial charge in [0.05, 0.1) is 24.9 Å². The summed E-state index contributed by atoms with van der Waals surface area (Å²) in [6.45, 7) is 9.08. The molecule has 0 radical (unpaired) electrons. The molecule has 1 saturated heterocycles. The maximum Gasteiger partial charge on any atom is 0.319 e. The van der Waals surface area contributed by atoms with Gasteiger partial charge >= 0.3 is 5.97 Å². The molecule has 1 heterocycles. The first-order valence-corrected chi connectivity index (χ1v) is 7.25. The van der Waals surface area contributed by atoms with Crippen LogP contribution >= 0.6 is 0 Å². The minimum atomic E-state index is -1.15. The third-order valence-electron chi connectivity index (χ3n) is 3.59. The van der Waals surface area contributed by atoms with Crippen LogP contribution in [-0.2, 0) is 23.8 Å². The summed E-state index contributed by atoms with van der Waals surface area (Å²) in [5.74, 6) is -0.745. The lowest BCUT2D eigenvalue weighted by molar-refractivity contribution is -0.161. The molecule has 0 aromatic carbocycles. The molecule has 0 spiro atoms. The van der Waals surface area contributed by atoms with Crippen LogP contribution in [0.3, 0.4) is 0 Å². The van der Waals surface area contributed by atoms with Gasteiger partial charge in [0.1, 0.15) is 12.0 Å². The number of hydrogen-bond donors (Lipinski definition) is 0. The molecule has 116 valence electrons. The van der Waals surface area contributed by atoms with Crippen molar-refractivity contribution in [3.63, 3.8) is 0 Å². The maximum atomic E-state index is 12.1. The number of carbonyl (C=O) groups is 2. The van der Waals surface area contributed by atoms with E-state index in [9.17, 15) is 9.59 Å². The molecule has 1 aliphatic heterocycles. The van der Waals surface area contributed by atoms with E-state index >= 15 is 0 Å². The summed E-state index contributed by atoms with van der Waals surface area (Å²) in [5.41, 5.74) is -1.15. The normalized spacial score (nSPS) is 27.1. The number of esters is 1. The number of Topliss-reactive ketones (excluding diaryl/α,β-unsaturated/α-hetero) is 1. The SMILES string of the molecule is CCOC(=O)C(C)(C)C(=O)COC1CC(C)OC(C)C1. The molecule has 0 N–H and O–H groups in total. The zero-order valence-electron chi connectivity index (χ0n) is 13.1. The molecule has 2 unspecified atom stereocenters. The predicted molar refractivity (Wildman–Crippen MR) is 74.4 cm³/mol. The van der Waals surface area contributed by atoms with Gasteiger partial charge in [-0.2, -0.15) is 0 Å². The molecule has 0 aliphatic carbocycles. The van der Waals surface area contributed by atoms with Crippen molar-refractivity contribution < 1.29 is 23.8 Å². The van der Waals surface area contributed by atoms with Crippen molar-refractivity contribution in [3.8, 4) is 0 Å². The molecule has 20 heavy (non-hydrogen) atoms. The van der Waals surface area contributed by atoms with Gasteiger partial charge < -0.3 is 14.2 Å². The van der Waals surface area contributed by atoms with Crippen molar-refractivity contribution in [2.45, 2.75) is 65.8 Å². The highest BCUT2D eigenvalue weighted by molar-refractivity contribution is 6.03. The summed E-state index contributed by atoms with van der Waals surface area (Å²) in [6, 6.07) is 0. The fourth-order valence-electron chi connectivity index (χ4n) is 2.28. The summed E-state index contributed by atoms with van der Waals surface area (Å²) in [5, 5.41) is 0. The number of ether oxygens (including phenoxy) is 3. The first kappa shape index (κ1) is 17.1. The van der Waals surface area contributed by atoms with Crippen molar-refractivity contribution in [3.05, 3.63) is 0 Å². The second kappa shape index (κ2) is 7.18. The van der Waals surface area contributed by atoms with Crippen LogP contribution in [0.1, 0.15) is 47.5 Å². The van der Waals surface area contributed by atoms with E-state index in [1.54, 1.807) is 20.8 Å². The van der Waals surface area contributed by atoms with Gasteiger partial charge in [0.25, 0.3) is 0 Å². The van der Waals surface area contributed by atoms with Gasteiger partial charge in [-0.3, -0.25) is 9.59 Å². The fourth-order valence-corrected chi connectivity index (χ4v) is 2.28. The van der Waals surface area contributed by atoms with Crippen LogP contribution in [0.2, 0.25) is 0 Å². The van der Waals surface area contributed by atoms with Gasteiger partial charge in [-0.1, -0.05) is 0 Å². The standard InChI is InChI=1S/C15H26O5/c1-6-18-14(17)15(4,5)13(16)9-19-12-7-10(2)20-11(3)8-12/h10-12H,6-9H2,1-5H3. The third-order valence-corrected chi connectivity index (χ3v) is 3.59. The average Bonchev–Trinajstić information content (AvgIpc) is 2.34. The molecule has 2 atom stereocenters. The smallest absolute Gasteiger partial charge is 0.319 e. The maximum absolute atomic E-state index is 12.1. The van der Waals surface area contributed by atoms with Gasteiger partial charge in [0.2, 0.25) is 0 Å². The topological polar surface area (TPSA) is 61.8 Å². The monoisotopic (exact) mass is 286 g/mol. The van der Waals surface area contributed by atoms with Crippen LogP contribution in [0.5, 0.6) is 0 Å². The van der Waals surface area contributed by atoms with E-state index < -0.39 is 11.4 Å². The van der Waals surface area contributed by atoms with Crippen molar-refractivity contribution in [1.82, 2.24) is 0 Å². The van der Waals surface area contributed by atoms with E-state index in [-0.39, 0.29) is 37.3 Å². The van der Waals surface area contributed by atoms with Crippen LogP contribution in [0.4, 0.5) is 0 Å².